The van der Waals surface area contributed by atoms with Gasteiger partial charge in [0.2, 0.25) is 0 Å². The maximum Gasteiger partial charge on any atom is 0.472 e. The summed E-state index contributed by atoms with van der Waals surface area (Å²) in [5, 5.41) is 0. The van der Waals surface area contributed by atoms with E-state index in [4.69, 9.17) is 24.3 Å². The Morgan fingerprint density at radius 3 is 1.02 bits per heavy atom. The van der Waals surface area contributed by atoms with E-state index in [2.05, 4.69) is 98.9 Å². The fraction of sp³-hybridized carbons (Fsp3) is 0.775. The molecule has 0 heterocycles. The topological polar surface area (TPSA) is 134 Å². The maximum atomic E-state index is 12.7. The third kappa shape index (κ3) is 66.2. The number of unbranched alkanes of at least 4 members (excludes halogenated alkanes) is 37. The van der Waals surface area contributed by atoms with Crippen LogP contribution in [0.3, 0.4) is 0 Å². The molecule has 0 saturated carbocycles. The molecule has 0 radical (unpaired) electrons. The summed E-state index contributed by atoms with van der Waals surface area (Å²) in [6.07, 6.45) is 88.2. The SMILES string of the molecule is CC/C=C\C/C=C\C/C=C\C/C=C\C/C=C\C/C=C\CCCCCCCCCCC(=O)OC(COC(=O)CCCCCCCCCCCCCCCCCCCCCCC/C=C\CCCCCCCCCC)COP(=O)(O)OCCN. The summed E-state index contributed by atoms with van der Waals surface area (Å²) in [6, 6.07) is 0. The molecular weight excluding hydrogens is 1030 g/mol. The smallest absolute Gasteiger partial charge is 0.462 e. The average molecular weight is 1150 g/mol. The van der Waals surface area contributed by atoms with Gasteiger partial charge in [-0.25, -0.2) is 4.57 Å². The van der Waals surface area contributed by atoms with Gasteiger partial charge in [0.1, 0.15) is 6.61 Å². The first-order chi connectivity index (χ1) is 39.8. The Kier molecular flexibility index (Phi) is 64.0. The van der Waals surface area contributed by atoms with E-state index >= 15 is 0 Å². The minimum absolute atomic E-state index is 0.0495. The lowest BCUT2D eigenvalue weighted by Crippen LogP contribution is -2.29. The van der Waals surface area contributed by atoms with Crippen LogP contribution in [0.25, 0.3) is 0 Å². The van der Waals surface area contributed by atoms with Crippen molar-refractivity contribution in [1.29, 1.82) is 0 Å². The summed E-state index contributed by atoms with van der Waals surface area (Å²) in [6.45, 7) is 3.66. The summed E-state index contributed by atoms with van der Waals surface area (Å²) in [4.78, 5) is 35.3. The lowest BCUT2D eigenvalue weighted by molar-refractivity contribution is -0.161. The molecule has 10 heteroatoms. The van der Waals surface area contributed by atoms with Gasteiger partial charge >= 0.3 is 19.8 Å². The van der Waals surface area contributed by atoms with Crippen molar-refractivity contribution in [3.8, 4) is 0 Å². The molecular formula is C71H128NO8P. The minimum Gasteiger partial charge on any atom is -0.462 e. The van der Waals surface area contributed by atoms with Crippen molar-refractivity contribution in [3.05, 3.63) is 85.1 Å². The Labute approximate surface area is 500 Å². The van der Waals surface area contributed by atoms with Crippen LogP contribution in [0.15, 0.2) is 85.1 Å². The second-order valence-corrected chi connectivity index (χ2v) is 24.1. The number of allylic oxidation sites excluding steroid dienone is 14. The number of ether oxygens (including phenoxy) is 2. The Balaban J connectivity index is 3.88. The molecule has 0 aromatic heterocycles. The van der Waals surface area contributed by atoms with E-state index in [0.717, 1.165) is 83.5 Å². The van der Waals surface area contributed by atoms with Gasteiger partial charge in [0.15, 0.2) is 6.10 Å². The maximum absolute atomic E-state index is 12.7. The van der Waals surface area contributed by atoms with Crippen LogP contribution in [-0.2, 0) is 32.7 Å². The number of phosphoric acid groups is 1. The zero-order valence-electron chi connectivity index (χ0n) is 52.8. The molecule has 9 nitrogen and oxygen atoms in total. The van der Waals surface area contributed by atoms with E-state index in [0.29, 0.717) is 6.42 Å². The van der Waals surface area contributed by atoms with Gasteiger partial charge in [-0.3, -0.25) is 18.6 Å². The number of phosphoric ester groups is 1. The largest absolute Gasteiger partial charge is 0.472 e. The summed E-state index contributed by atoms with van der Waals surface area (Å²) < 4.78 is 33.2. The highest BCUT2D eigenvalue weighted by Crippen LogP contribution is 2.43. The van der Waals surface area contributed by atoms with E-state index in [1.165, 1.54) is 205 Å². The van der Waals surface area contributed by atoms with Gasteiger partial charge in [0.05, 0.1) is 13.2 Å². The van der Waals surface area contributed by atoms with Gasteiger partial charge in [0.25, 0.3) is 0 Å². The number of carbonyl (C=O) groups excluding carboxylic acids is 2. The Hall–Kier alpha value is -2.81. The van der Waals surface area contributed by atoms with Crippen LogP contribution in [-0.4, -0.2) is 49.3 Å². The lowest BCUT2D eigenvalue weighted by atomic mass is 10.0. The van der Waals surface area contributed by atoms with Crippen LogP contribution < -0.4 is 5.73 Å². The molecule has 470 valence electrons. The highest BCUT2D eigenvalue weighted by molar-refractivity contribution is 7.47. The van der Waals surface area contributed by atoms with Crippen LogP contribution in [0.1, 0.15) is 322 Å². The molecule has 0 aliphatic heterocycles. The van der Waals surface area contributed by atoms with Gasteiger partial charge in [-0.1, -0.05) is 304 Å². The van der Waals surface area contributed by atoms with Crippen LogP contribution in [0.2, 0.25) is 0 Å². The molecule has 81 heavy (non-hydrogen) atoms. The predicted octanol–water partition coefficient (Wildman–Crippen LogP) is 22.2. The summed E-state index contributed by atoms with van der Waals surface area (Å²) in [7, 11) is -4.40. The van der Waals surface area contributed by atoms with Gasteiger partial charge in [-0.15, -0.1) is 0 Å². The average Bonchev–Trinajstić information content (AvgIpc) is 3.46. The van der Waals surface area contributed by atoms with E-state index in [9.17, 15) is 19.0 Å². The number of nitrogens with two attached hydrogens (primary N) is 1. The molecule has 0 aliphatic rings. The van der Waals surface area contributed by atoms with Crippen LogP contribution in [0, 0.1) is 0 Å². The van der Waals surface area contributed by atoms with Crippen molar-refractivity contribution in [2.24, 2.45) is 5.73 Å². The standard InChI is InChI=1S/C71H128NO8P/c1-3-5-7-9-11-13-15-17-19-21-23-25-27-29-31-32-33-34-35-36-38-39-41-43-45-47-49-51-53-55-57-59-61-63-70(73)77-67-69(68-79-81(75,76)78-66-65-72)80-71(74)64-62-60-58-56-54-52-50-48-46-44-42-40-37-30-28-26-24-22-20-18-16-14-12-10-8-6-4-2/h6,8,12,14,18,20-21,23-24,26,30,37,42,44,69H,3-5,7,9-11,13,15-17,19,22,25,27-29,31-36,38-41,43,45-68,72H2,1-2H3,(H,75,76)/b8-6-,14-12-,20-18-,23-21-,26-24-,37-30-,44-42-. The number of esters is 2. The molecule has 0 saturated heterocycles. The van der Waals surface area contributed by atoms with Gasteiger partial charge in [0, 0.05) is 19.4 Å². The molecule has 0 fully saturated rings. The van der Waals surface area contributed by atoms with Gasteiger partial charge < -0.3 is 20.1 Å². The molecule has 0 spiro atoms. The normalized spacial score (nSPS) is 13.5. The molecule has 0 aromatic carbocycles. The Morgan fingerprint density at radius 1 is 0.383 bits per heavy atom. The summed E-state index contributed by atoms with van der Waals surface area (Å²) in [5.74, 6) is -0.828. The fourth-order valence-electron chi connectivity index (χ4n) is 9.76. The van der Waals surface area contributed by atoms with E-state index in [1.54, 1.807) is 0 Å². The molecule has 0 rings (SSSR count). The van der Waals surface area contributed by atoms with Gasteiger partial charge in [-0.05, 0) is 89.9 Å². The highest BCUT2D eigenvalue weighted by Gasteiger charge is 2.26. The number of hydrogen-bond donors (Lipinski definition) is 2. The highest BCUT2D eigenvalue weighted by atomic mass is 31.2. The first-order valence-corrected chi connectivity index (χ1v) is 35.6. The Bertz CT molecular complexity index is 1600. The quantitative estimate of drug-likeness (QED) is 0.0264. The third-order valence-corrected chi connectivity index (χ3v) is 15.7. The molecule has 0 aliphatic carbocycles. The fourth-order valence-corrected chi connectivity index (χ4v) is 10.5. The van der Waals surface area contributed by atoms with E-state index in [1.807, 2.05) is 0 Å². The molecule has 2 atom stereocenters. The van der Waals surface area contributed by atoms with Crippen molar-refractivity contribution in [2.45, 2.75) is 328 Å². The summed E-state index contributed by atoms with van der Waals surface area (Å²) >= 11 is 0. The molecule has 0 bridgehead atoms. The van der Waals surface area contributed by atoms with Crippen LogP contribution in [0.4, 0.5) is 0 Å². The second-order valence-electron chi connectivity index (χ2n) is 22.7. The lowest BCUT2D eigenvalue weighted by Gasteiger charge is -2.19. The number of rotatable bonds is 64. The molecule has 0 aromatic rings. The zero-order chi connectivity index (χ0) is 58.7. The first kappa shape index (κ1) is 78.2. The minimum atomic E-state index is -4.40. The van der Waals surface area contributed by atoms with E-state index < -0.39 is 26.5 Å². The van der Waals surface area contributed by atoms with Gasteiger partial charge in [-0.2, -0.15) is 0 Å². The monoisotopic (exact) mass is 1150 g/mol. The molecule has 2 unspecified atom stereocenters. The Morgan fingerprint density at radius 2 is 0.679 bits per heavy atom. The summed E-state index contributed by atoms with van der Waals surface area (Å²) in [5.41, 5.74) is 5.40. The van der Waals surface area contributed by atoms with Crippen molar-refractivity contribution in [1.82, 2.24) is 0 Å². The van der Waals surface area contributed by atoms with Crippen molar-refractivity contribution in [3.63, 3.8) is 0 Å². The molecule has 3 N–H and O–H groups in total. The zero-order valence-corrected chi connectivity index (χ0v) is 53.7. The van der Waals surface area contributed by atoms with Crippen LogP contribution >= 0.6 is 7.82 Å². The van der Waals surface area contributed by atoms with Crippen molar-refractivity contribution >= 4 is 19.8 Å². The first-order valence-electron chi connectivity index (χ1n) is 34.1. The number of hydrogen-bond acceptors (Lipinski definition) is 8. The second kappa shape index (κ2) is 66.3. The van der Waals surface area contributed by atoms with Crippen molar-refractivity contribution in [2.75, 3.05) is 26.4 Å². The van der Waals surface area contributed by atoms with Crippen molar-refractivity contribution < 1.29 is 37.6 Å². The number of carbonyl (C=O) groups is 2. The van der Waals surface area contributed by atoms with Crippen LogP contribution in [0.5, 0.6) is 0 Å². The predicted molar refractivity (Wildman–Crippen MR) is 349 cm³/mol. The third-order valence-electron chi connectivity index (χ3n) is 14.8. The molecule has 0 amide bonds. The van der Waals surface area contributed by atoms with E-state index in [-0.39, 0.29) is 38.6 Å².